The second-order valence-electron chi connectivity index (χ2n) is 13.3. The Labute approximate surface area is 246 Å². The molecular formula is C32H41N5O5. The number of nitrogens with zero attached hydrogens (tertiary/aromatic N) is 3. The number of likely N-dealkylation sites (N-methyl/N-ethyl adjacent to an activating group) is 1. The smallest absolute Gasteiger partial charge is 0.281 e. The highest BCUT2D eigenvalue weighted by molar-refractivity contribution is 6.01. The van der Waals surface area contributed by atoms with E-state index in [0.717, 1.165) is 29.5 Å². The predicted octanol–water partition coefficient (Wildman–Crippen LogP) is 2.43. The molecule has 3 amide bonds. The van der Waals surface area contributed by atoms with Crippen LogP contribution in [0.1, 0.15) is 58.1 Å². The first-order valence-corrected chi connectivity index (χ1v) is 15.4. The number of carbonyl (C=O) groups excluding carboxylic acids is 3. The molecule has 0 unspecified atom stereocenters. The number of piperazine rings is 1. The molecule has 5 aliphatic rings. The van der Waals surface area contributed by atoms with Gasteiger partial charge < -0.3 is 20.3 Å². The van der Waals surface area contributed by atoms with Gasteiger partial charge >= 0.3 is 0 Å². The summed E-state index contributed by atoms with van der Waals surface area (Å²) in [6.07, 6.45) is 6.87. The molecule has 1 aromatic carbocycles. The topological polar surface area (TPSA) is 118 Å². The lowest BCUT2D eigenvalue weighted by molar-refractivity contribution is -0.324. The molecule has 224 valence electrons. The number of hydrogen-bond donors (Lipinski definition) is 3. The van der Waals surface area contributed by atoms with E-state index in [1.165, 1.54) is 15.8 Å². The van der Waals surface area contributed by atoms with Crippen molar-refractivity contribution in [2.75, 3.05) is 20.1 Å². The summed E-state index contributed by atoms with van der Waals surface area (Å²) in [6.45, 7) is 8.50. The summed E-state index contributed by atoms with van der Waals surface area (Å²) in [5, 5.41) is 16.4. The monoisotopic (exact) mass is 575 g/mol. The Bertz CT molecular complexity index is 1520. The average Bonchev–Trinajstić information content (AvgIpc) is 3.68. The molecule has 5 heterocycles. The minimum atomic E-state index is -2.01. The van der Waals surface area contributed by atoms with Crippen molar-refractivity contribution < 1.29 is 24.2 Å². The molecule has 7 atom stereocenters. The van der Waals surface area contributed by atoms with Gasteiger partial charge in [-0.25, -0.2) is 0 Å². The van der Waals surface area contributed by atoms with Crippen molar-refractivity contribution in [2.45, 2.75) is 83.1 Å². The van der Waals surface area contributed by atoms with Gasteiger partial charge in [0.25, 0.3) is 11.8 Å². The van der Waals surface area contributed by atoms with E-state index in [0.29, 0.717) is 25.9 Å². The molecule has 10 nitrogen and oxygen atoms in total. The number of ether oxygens (including phenoxy) is 1. The summed E-state index contributed by atoms with van der Waals surface area (Å²) in [4.78, 5) is 50.8. The molecule has 1 aliphatic carbocycles. The highest BCUT2D eigenvalue weighted by Crippen LogP contribution is 2.49. The standard InChI is InChI=1S/C32H41N5O5/c1-6-18(4)27-29(39)36-12-8-11-25(36)32(41)37(27)30(40)31(42-32,17(2)3)34-28(38)20-13-22-21-9-7-10-23-26(21)19(15-33-23)14-24(22)35(5)16-20/h7,9-10,13,15,17-18,20,24-25,27,33,41H,6,8,11-12,14,16H2,1-5H3,(H,34,38)/t18-,20+,24-,25-,27+,31-,32+/m1/s1. The lowest BCUT2D eigenvalue weighted by Crippen LogP contribution is -2.72. The first-order valence-electron chi connectivity index (χ1n) is 15.4. The van der Waals surface area contributed by atoms with E-state index in [1.807, 2.05) is 46.9 Å². The van der Waals surface area contributed by atoms with Gasteiger partial charge in [-0.05, 0) is 55.0 Å². The van der Waals surface area contributed by atoms with Gasteiger partial charge in [-0.1, -0.05) is 52.3 Å². The van der Waals surface area contributed by atoms with Crippen LogP contribution in [0.25, 0.3) is 16.5 Å². The molecule has 3 saturated heterocycles. The first-order chi connectivity index (χ1) is 20.0. The Morgan fingerprint density at radius 1 is 1.26 bits per heavy atom. The van der Waals surface area contributed by atoms with E-state index in [-0.39, 0.29) is 23.8 Å². The number of carbonyl (C=O) groups is 3. The van der Waals surface area contributed by atoms with Crippen LogP contribution in [0.4, 0.5) is 0 Å². The number of rotatable bonds is 5. The number of amides is 3. The summed E-state index contributed by atoms with van der Waals surface area (Å²) < 4.78 is 6.45. The molecule has 0 saturated carbocycles. The number of aliphatic hydroxyl groups is 1. The van der Waals surface area contributed by atoms with Gasteiger partial charge in [0.2, 0.25) is 17.5 Å². The average molecular weight is 576 g/mol. The van der Waals surface area contributed by atoms with Crippen molar-refractivity contribution in [3.05, 3.63) is 41.6 Å². The fourth-order valence-corrected chi connectivity index (χ4v) is 8.11. The predicted molar refractivity (Wildman–Crippen MR) is 156 cm³/mol. The molecule has 10 heteroatoms. The number of fused-ring (bicyclic) bond motifs is 5. The maximum Gasteiger partial charge on any atom is 0.281 e. The van der Waals surface area contributed by atoms with Crippen LogP contribution < -0.4 is 5.32 Å². The second-order valence-corrected chi connectivity index (χ2v) is 13.3. The van der Waals surface area contributed by atoms with Gasteiger partial charge in [0.1, 0.15) is 12.1 Å². The van der Waals surface area contributed by atoms with E-state index in [9.17, 15) is 19.5 Å². The summed E-state index contributed by atoms with van der Waals surface area (Å²) in [5.74, 6) is -4.28. The Hall–Kier alpha value is -3.21. The van der Waals surface area contributed by atoms with Crippen molar-refractivity contribution in [1.82, 2.24) is 25.0 Å². The van der Waals surface area contributed by atoms with Crippen LogP contribution >= 0.6 is 0 Å². The molecule has 0 radical (unpaired) electrons. The third-order valence-electron chi connectivity index (χ3n) is 10.6. The zero-order chi connectivity index (χ0) is 29.7. The van der Waals surface area contributed by atoms with E-state index in [2.05, 4.69) is 33.5 Å². The van der Waals surface area contributed by atoms with Gasteiger partial charge in [0, 0.05) is 42.1 Å². The summed E-state index contributed by atoms with van der Waals surface area (Å²) in [6, 6.07) is 4.82. The van der Waals surface area contributed by atoms with Crippen LogP contribution in [0.3, 0.4) is 0 Å². The van der Waals surface area contributed by atoms with Crippen LogP contribution in [0.2, 0.25) is 0 Å². The van der Waals surface area contributed by atoms with E-state index in [1.54, 1.807) is 4.90 Å². The third-order valence-corrected chi connectivity index (χ3v) is 10.6. The normalized spacial score (nSPS) is 34.9. The summed E-state index contributed by atoms with van der Waals surface area (Å²) in [7, 11) is 2.03. The molecule has 42 heavy (non-hydrogen) atoms. The number of aromatic amines is 1. The number of H-pyrrole nitrogens is 1. The minimum Gasteiger partial charge on any atom is -0.361 e. The lowest BCUT2D eigenvalue weighted by Gasteiger charge is -2.50. The van der Waals surface area contributed by atoms with E-state index in [4.69, 9.17) is 4.74 Å². The van der Waals surface area contributed by atoms with E-state index < -0.39 is 41.5 Å². The van der Waals surface area contributed by atoms with Crippen molar-refractivity contribution in [1.29, 1.82) is 0 Å². The Balaban J connectivity index is 1.25. The second kappa shape index (κ2) is 9.39. The number of benzene rings is 1. The molecular weight excluding hydrogens is 534 g/mol. The van der Waals surface area contributed by atoms with E-state index >= 15 is 0 Å². The quantitative estimate of drug-likeness (QED) is 0.504. The van der Waals surface area contributed by atoms with Gasteiger partial charge in [0.15, 0.2) is 0 Å². The molecule has 0 spiro atoms. The largest absolute Gasteiger partial charge is 0.361 e. The van der Waals surface area contributed by atoms with Gasteiger partial charge in [-0.15, -0.1) is 0 Å². The minimum absolute atomic E-state index is 0.150. The van der Waals surface area contributed by atoms with Crippen LogP contribution in [-0.4, -0.2) is 92.4 Å². The molecule has 3 N–H and O–H groups in total. The maximum absolute atomic E-state index is 14.4. The Morgan fingerprint density at radius 3 is 2.79 bits per heavy atom. The van der Waals surface area contributed by atoms with Gasteiger partial charge in [-0.3, -0.25) is 28.9 Å². The third kappa shape index (κ3) is 3.58. The number of aromatic nitrogens is 1. The molecule has 2 aromatic rings. The zero-order valence-electron chi connectivity index (χ0n) is 25.0. The number of nitrogens with one attached hydrogen (secondary N) is 2. The summed E-state index contributed by atoms with van der Waals surface area (Å²) >= 11 is 0. The molecule has 7 rings (SSSR count). The van der Waals surface area contributed by atoms with Crippen LogP contribution in [0.5, 0.6) is 0 Å². The molecule has 1 aromatic heterocycles. The highest BCUT2D eigenvalue weighted by Gasteiger charge is 2.72. The summed E-state index contributed by atoms with van der Waals surface area (Å²) in [5.41, 5.74) is 2.79. The van der Waals surface area contributed by atoms with Crippen molar-refractivity contribution in [3.63, 3.8) is 0 Å². The first kappa shape index (κ1) is 27.6. The van der Waals surface area contributed by atoms with Gasteiger partial charge in [-0.2, -0.15) is 0 Å². The van der Waals surface area contributed by atoms with Crippen LogP contribution in [0, 0.1) is 17.8 Å². The molecule has 3 fully saturated rings. The van der Waals surface area contributed by atoms with Gasteiger partial charge in [0.05, 0.1) is 5.92 Å². The Kier molecular flexibility index (Phi) is 6.18. The van der Waals surface area contributed by atoms with Crippen molar-refractivity contribution >= 4 is 34.2 Å². The van der Waals surface area contributed by atoms with Crippen LogP contribution in [-0.2, 0) is 25.5 Å². The Morgan fingerprint density at radius 2 is 2.05 bits per heavy atom. The SMILES string of the molecule is CC[C@@H](C)[C@H]1C(=O)N2CCC[C@@H]2[C@]2(O)O[C@](NC(=O)[C@H]3C=C4c5cccc6[nH]cc(c56)C[C@H]4N(C)C3)(C(C)C)C(=O)N12. The highest BCUT2D eigenvalue weighted by atomic mass is 16.7. The molecule has 0 bridgehead atoms. The maximum atomic E-state index is 14.4. The lowest BCUT2D eigenvalue weighted by atomic mass is 9.79. The van der Waals surface area contributed by atoms with Crippen molar-refractivity contribution in [2.24, 2.45) is 17.8 Å². The number of hydrogen-bond acceptors (Lipinski definition) is 6. The fourth-order valence-electron chi connectivity index (χ4n) is 8.11. The zero-order valence-corrected chi connectivity index (χ0v) is 25.0. The molecule has 4 aliphatic heterocycles. The fraction of sp³-hybridized carbons (Fsp3) is 0.594. The van der Waals surface area contributed by atoms with Crippen LogP contribution in [0.15, 0.2) is 30.5 Å². The van der Waals surface area contributed by atoms with Crippen molar-refractivity contribution in [3.8, 4) is 0 Å².